The molecule has 1 saturated heterocycles. The third-order valence-electron chi connectivity index (χ3n) is 3.69. The lowest BCUT2D eigenvalue weighted by atomic mass is 10.0. The van der Waals surface area contributed by atoms with Gasteiger partial charge in [-0.3, -0.25) is 4.79 Å². The second-order valence-corrected chi connectivity index (χ2v) is 6.34. The summed E-state index contributed by atoms with van der Waals surface area (Å²) in [6.45, 7) is 0. The molecule has 2 aliphatic rings. The summed E-state index contributed by atoms with van der Waals surface area (Å²) in [6, 6.07) is 3.73. The van der Waals surface area contributed by atoms with Crippen LogP contribution in [0.3, 0.4) is 0 Å². The van der Waals surface area contributed by atoms with Crippen molar-refractivity contribution < 1.29 is 13.6 Å². The summed E-state index contributed by atoms with van der Waals surface area (Å²) in [5.41, 5.74) is 1.69. The lowest BCUT2D eigenvalue weighted by molar-refractivity contribution is -0.130. The molecule has 0 aromatic heterocycles. The van der Waals surface area contributed by atoms with Gasteiger partial charge in [0.2, 0.25) is 5.91 Å². The average molecular weight is 375 g/mol. The van der Waals surface area contributed by atoms with E-state index in [-0.39, 0.29) is 15.9 Å². The first-order valence-corrected chi connectivity index (χ1v) is 7.43. The molecule has 1 unspecified atom stereocenters. The Hall–Kier alpha value is -0.980. The molecule has 100 valence electrons. The quantitative estimate of drug-likeness (QED) is 0.541. The molecule has 5 heteroatoms. The second-order valence-electron chi connectivity index (χ2n) is 4.83. The molecular weight excluding hydrogens is 363 g/mol. The summed E-state index contributed by atoms with van der Waals surface area (Å²) in [5.74, 6) is -1.63. The van der Waals surface area contributed by atoms with Gasteiger partial charge in [-0.1, -0.05) is 34.7 Å². The molecule has 0 saturated carbocycles. The summed E-state index contributed by atoms with van der Waals surface area (Å²) in [7, 11) is 0. The van der Waals surface area contributed by atoms with Gasteiger partial charge in [0.15, 0.2) is 11.6 Å². The van der Waals surface area contributed by atoms with Crippen LogP contribution < -0.4 is 0 Å². The molecule has 2 heterocycles. The van der Waals surface area contributed by atoms with Crippen LogP contribution in [0.15, 0.2) is 30.0 Å². The van der Waals surface area contributed by atoms with Crippen molar-refractivity contribution >= 4 is 28.5 Å². The molecule has 1 aromatic rings. The number of halogens is 3. The third-order valence-corrected chi connectivity index (χ3v) is 4.73. The molecule has 0 radical (unpaired) electrons. The fourth-order valence-electron chi connectivity index (χ4n) is 2.76. The summed E-state index contributed by atoms with van der Waals surface area (Å²) < 4.78 is 26.3. The Morgan fingerprint density at radius 3 is 2.79 bits per heavy atom. The van der Waals surface area contributed by atoms with Gasteiger partial charge < -0.3 is 4.90 Å². The number of alkyl halides is 1. The van der Waals surface area contributed by atoms with Crippen molar-refractivity contribution in [3.05, 3.63) is 47.2 Å². The molecule has 3 rings (SSSR count). The topological polar surface area (TPSA) is 20.3 Å². The number of carbonyl (C=O) groups excluding carboxylic acids is 1. The first kappa shape index (κ1) is 13.0. The van der Waals surface area contributed by atoms with E-state index in [1.807, 2.05) is 0 Å². The predicted molar refractivity (Wildman–Crippen MR) is 75.7 cm³/mol. The lowest BCUT2D eigenvalue weighted by Crippen LogP contribution is -2.37. The Morgan fingerprint density at radius 1 is 1.26 bits per heavy atom. The molecule has 0 aliphatic carbocycles. The number of amides is 1. The van der Waals surface area contributed by atoms with E-state index in [0.29, 0.717) is 5.56 Å². The van der Waals surface area contributed by atoms with Gasteiger partial charge in [0.1, 0.15) is 0 Å². The van der Waals surface area contributed by atoms with E-state index in [1.54, 1.807) is 11.0 Å². The van der Waals surface area contributed by atoms with Crippen molar-refractivity contribution in [2.75, 3.05) is 0 Å². The Bertz CT molecular complexity index is 573. The van der Waals surface area contributed by atoms with Crippen molar-refractivity contribution in [3.8, 4) is 0 Å². The Labute approximate surface area is 123 Å². The van der Waals surface area contributed by atoms with Crippen LogP contribution in [-0.4, -0.2) is 14.7 Å². The van der Waals surface area contributed by atoms with Crippen LogP contribution >= 0.6 is 22.6 Å². The molecular formula is C14H12F2INO. The highest BCUT2D eigenvalue weighted by molar-refractivity contribution is 14.1. The van der Waals surface area contributed by atoms with Crippen LogP contribution in [0.5, 0.6) is 0 Å². The molecule has 2 aliphatic heterocycles. The third kappa shape index (κ3) is 2.17. The van der Waals surface area contributed by atoms with Crippen LogP contribution in [0, 0.1) is 11.6 Å². The number of hydrogen-bond donors (Lipinski definition) is 0. The van der Waals surface area contributed by atoms with Gasteiger partial charge in [-0.15, -0.1) is 0 Å². The summed E-state index contributed by atoms with van der Waals surface area (Å²) >= 11 is 2.13. The highest BCUT2D eigenvalue weighted by Gasteiger charge is 2.38. The van der Waals surface area contributed by atoms with Crippen molar-refractivity contribution in [1.82, 2.24) is 4.90 Å². The minimum absolute atomic E-state index is 0.0627. The number of hydrogen-bond acceptors (Lipinski definition) is 1. The maximum atomic E-state index is 13.3. The average Bonchev–Trinajstić information content (AvgIpc) is 2.82. The Balaban J connectivity index is 1.97. The largest absolute Gasteiger partial charge is 0.308 e. The van der Waals surface area contributed by atoms with Crippen LogP contribution in [-0.2, 0) is 4.79 Å². The first-order chi connectivity index (χ1) is 9.08. The van der Waals surface area contributed by atoms with Gasteiger partial charge in [0.25, 0.3) is 0 Å². The van der Waals surface area contributed by atoms with Crippen molar-refractivity contribution in [2.45, 2.75) is 29.2 Å². The van der Waals surface area contributed by atoms with E-state index in [1.165, 1.54) is 6.07 Å². The van der Waals surface area contributed by atoms with E-state index < -0.39 is 11.6 Å². The fraction of sp³-hybridized carbons (Fsp3) is 0.357. The van der Waals surface area contributed by atoms with Gasteiger partial charge in [0, 0.05) is 5.70 Å². The maximum absolute atomic E-state index is 13.3. The van der Waals surface area contributed by atoms with Gasteiger partial charge in [0.05, 0.1) is 9.97 Å². The fourth-order valence-corrected chi connectivity index (χ4v) is 3.31. The van der Waals surface area contributed by atoms with E-state index in [4.69, 9.17) is 0 Å². The standard InChI is InChI=1S/C14H12F2INO/c15-10-4-1-8(7-11(10)16)13-6-3-9-2-5-12(17)14(19)18(9)13/h1-2,4,7,12-13H,3,5-6H2/t12?,13-/m0/s1. The highest BCUT2D eigenvalue weighted by atomic mass is 127. The minimum atomic E-state index is -0.856. The molecule has 1 aromatic carbocycles. The lowest BCUT2D eigenvalue weighted by Gasteiger charge is -2.31. The zero-order valence-electron chi connectivity index (χ0n) is 10.1. The van der Waals surface area contributed by atoms with Crippen molar-refractivity contribution in [1.29, 1.82) is 0 Å². The predicted octanol–water partition coefficient (Wildman–Crippen LogP) is 3.72. The molecule has 1 amide bonds. The zero-order valence-corrected chi connectivity index (χ0v) is 12.2. The number of nitrogens with zero attached hydrogens (tertiary/aromatic N) is 1. The summed E-state index contributed by atoms with van der Waals surface area (Å²) in [4.78, 5) is 14.0. The van der Waals surface area contributed by atoms with E-state index in [9.17, 15) is 13.6 Å². The monoisotopic (exact) mass is 375 g/mol. The Kier molecular flexibility index (Phi) is 3.32. The van der Waals surface area contributed by atoms with E-state index in [0.717, 1.165) is 31.0 Å². The normalized spacial score (nSPS) is 26.4. The molecule has 1 fully saturated rings. The number of benzene rings is 1. The van der Waals surface area contributed by atoms with Gasteiger partial charge in [-0.2, -0.15) is 0 Å². The molecule has 19 heavy (non-hydrogen) atoms. The van der Waals surface area contributed by atoms with Crippen molar-refractivity contribution in [2.24, 2.45) is 0 Å². The maximum Gasteiger partial charge on any atom is 0.240 e. The first-order valence-electron chi connectivity index (χ1n) is 6.19. The number of fused-ring (bicyclic) bond motifs is 1. The second kappa shape index (κ2) is 4.85. The van der Waals surface area contributed by atoms with Crippen LogP contribution in [0.25, 0.3) is 0 Å². The summed E-state index contributed by atoms with van der Waals surface area (Å²) in [6.07, 6.45) is 4.43. The van der Waals surface area contributed by atoms with E-state index in [2.05, 4.69) is 28.7 Å². The zero-order chi connectivity index (χ0) is 13.6. The number of carbonyl (C=O) groups is 1. The molecule has 2 atom stereocenters. The van der Waals surface area contributed by atoms with Gasteiger partial charge in [-0.25, -0.2) is 8.78 Å². The van der Waals surface area contributed by atoms with E-state index >= 15 is 0 Å². The number of rotatable bonds is 1. The SMILES string of the molecule is O=C1C(I)CC=C2CC[C@@H](c3ccc(F)c(F)c3)N12. The van der Waals surface area contributed by atoms with Gasteiger partial charge >= 0.3 is 0 Å². The highest BCUT2D eigenvalue weighted by Crippen LogP contribution is 2.42. The smallest absolute Gasteiger partial charge is 0.240 e. The van der Waals surface area contributed by atoms with Crippen molar-refractivity contribution in [3.63, 3.8) is 0 Å². The van der Waals surface area contributed by atoms with Crippen LogP contribution in [0.4, 0.5) is 8.78 Å². The van der Waals surface area contributed by atoms with Crippen LogP contribution in [0.1, 0.15) is 30.9 Å². The summed E-state index contributed by atoms with van der Waals surface area (Å²) in [5, 5.41) is 0. The molecule has 0 N–H and O–H groups in total. The minimum Gasteiger partial charge on any atom is -0.308 e. The molecule has 0 bridgehead atoms. The molecule has 0 spiro atoms. The molecule has 2 nitrogen and oxygen atoms in total. The van der Waals surface area contributed by atoms with Crippen LogP contribution in [0.2, 0.25) is 0 Å². The van der Waals surface area contributed by atoms with Gasteiger partial charge in [-0.05, 0) is 37.0 Å². The Morgan fingerprint density at radius 2 is 2.05 bits per heavy atom. The number of allylic oxidation sites excluding steroid dienone is 2.